The van der Waals surface area contributed by atoms with E-state index < -0.39 is 30.0 Å². The third-order valence-corrected chi connectivity index (χ3v) is 10.2. The molecule has 9 heteroatoms. The van der Waals surface area contributed by atoms with Crippen molar-refractivity contribution in [2.75, 3.05) is 18.1 Å². The van der Waals surface area contributed by atoms with Crippen LogP contribution in [0.25, 0.3) is 21.5 Å². The Morgan fingerprint density at radius 3 is 2.36 bits per heavy atom. The van der Waals surface area contributed by atoms with Crippen LogP contribution in [0.3, 0.4) is 0 Å². The van der Waals surface area contributed by atoms with E-state index in [4.69, 9.17) is 9.47 Å². The second kappa shape index (κ2) is 17.0. The van der Waals surface area contributed by atoms with E-state index in [2.05, 4.69) is 6.58 Å². The summed E-state index contributed by atoms with van der Waals surface area (Å²) in [6.45, 7) is 5.63. The number of ether oxygens (including phenoxy) is 2. The number of carbonyl (C=O) groups excluding carboxylic acids is 3. The van der Waals surface area contributed by atoms with Crippen LogP contribution in [0.4, 0.5) is 10.1 Å². The number of benzene rings is 6. The molecule has 1 heterocycles. The van der Waals surface area contributed by atoms with Gasteiger partial charge in [-0.1, -0.05) is 91.0 Å². The fraction of sp³-hybridized carbons (Fsp3) is 0.213. The maximum Gasteiger partial charge on any atom is 0.302 e. The van der Waals surface area contributed by atoms with Crippen molar-refractivity contribution < 1.29 is 33.4 Å². The largest absolute Gasteiger partial charge is 0.493 e. The molecule has 0 spiro atoms. The lowest BCUT2D eigenvalue weighted by molar-refractivity contribution is -0.148. The van der Waals surface area contributed by atoms with Gasteiger partial charge in [0.2, 0.25) is 5.91 Å². The van der Waals surface area contributed by atoms with E-state index in [1.165, 1.54) is 19.1 Å². The molecule has 0 bridgehead atoms. The molecule has 56 heavy (non-hydrogen) atoms. The summed E-state index contributed by atoms with van der Waals surface area (Å²) in [4.78, 5) is 46.4. The molecule has 0 fully saturated rings. The highest BCUT2D eigenvalue weighted by Crippen LogP contribution is 2.48. The van der Waals surface area contributed by atoms with Gasteiger partial charge in [0.25, 0.3) is 5.91 Å². The molecule has 0 radical (unpaired) electrons. The standard InChI is InChI=1S/C47H43FN2O6/c1-3-10-43(56-31(2)52)46-45(49(44(53)27-32-17-21-38(48)22-18-32)30-37-15-8-14-34-12-6-7-16-40(34)37)41-29-39(55-26-9-25-51)23-24-42(41)50(46)47(54)36-20-19-33-11-4-5-13-35(33)28-36/h3-8,11-24,28-29,43,45-46,51H,1,9-10,25-27,30H2,2H3/t43?,45-,46+/m0/s1. The maximum atomic E-state index is 15.1. The number of carbonyl (C=O) groups is 3. The van der Waals surface area contributed by atoms with Crippen molar-refractivity contribution in [1.29, 1.82) is 0 Å². The maximum absolute atomic E-state index is 15.1. The molecule has 1 aliphatic rings. The quantitative estimate of drug-likeness (QED) is 0.0680. The Morgan fingerprint density at radius 2 is 1.61 bits per heavy atom. The van der Waals surface area contributed by atoms with Crippen molar-refractivity contribution in [1.82, 2.24) is 4.90 Å². The average molecular weight is 751 g/mol. The van der Waals surface area contributed by atoms with Gasteiger partial charge in [0.15, 0.2) is 0 Å². The highest BCUT2D eigenvalue weighted by atomic mass is 19.1. The second-order valence-electron chi connectivity index (χ2n) is 14.0. The monoisotopic (exact) mass is 750 g/mol. The molecule has 7 rings (SSSR count). The van der Waals surface area contributed by atoms with Gasteiger partial charge in [0, 0.05) is 44.0 Å². The van der Waals surface area contributed by atoms with E-state index >= 15 is 9.59 Å². The summed E-state index contributed by atoms with van der Waals surface area (Å²) < 4.78 is 26.2. The minimum absolute atomic E-state index is 0.0496. The van der Waals surface area contributed by atoms with Crippen LogP contribution in [0.1, 0.15) is 52.9 Å². The lowest BCUT2D eigenvalue weighted by Crippen LogP contribution is -2.53. The molecule has 284 valence electrons. The van der Waals surface area contributed by atoms with Gasteiger partial charge in [-0.2, -0.15) is 0 Å². The fourth-order valence-corrected chi connectivity index (χ4v) is 7.72. The van der Waals surface area contributed by atoms with Gasteiger partial charge in [-0.25, -0.2) is 4.39 Å². The Balaban J connectivity index is 1.44. The first-order valence-corrected chi connectivity index (χ1v) is 18.7. The van der Waals surface area contributed by atoms with E-state index in [0.717, 1.165) is 27.1 Å². The Morgan fingerprint density at radius 1 is 0.875 bits per heavy atom. The van der Waals surface area contributed by atoms with Gasteiger partial charge in [-0.15, -0.1) is 6.58 Å². The van der Waals surface area contributed by atoms with Crippen LogP contribution in [-0.4, -0.2) is 53.1 Å². The summed E-state index contributed by atoms with van der Waals surface area (Å²) in [5.41, 5.74) is 3.06. The van der Waals surface area contributed by atoms with Gasteiger partial charge < -0.3 is 19.5 Å². The normalized spacial score (nSPS) is 15.3. The molecule has 1 N–H and O–H groups in total. The Kier molecular flexibility index (Phi) is 11.5. The predicted octanol–water partition coefficient (Wildman–Crippen LogP) is 8.74. The fourth-order valence-electron chi connectivity index (χ4n) is 7.72. The summed E-state index contributed by atoms with van der Waals surface area (Å²) >= 11 is 0. The van der Waals surface area contributed by atoms with Crippen LogP contribution in [0.5, 0.6) is 5.75 Å². The molecule has 1 aliphatic heterocycles. The summed E-state index contributed by atoms with van der Waals surface area (Å²) in [6.07, 6.45) is 1.26. The SMILES string of the molecule is C=CCC(OC(C)=O)[C@@H]1[C@@H](N(Cc2cccc3ccccc23)C(=O)Cc2ccc(F)cc2)c2cc(OCCCO)ccc2N1C(=O)c1ccc2ccccc2c1. The van der Waals surface area contributed by atoms with Gasteiger partial charge in [0.1, 0.15) is 17.7 Å². The Hall–Kier alpha value is -6.32. The van der Waals surface area contributed by atoms with E-state index in [1.54, 1.807) is 46.2 Å². The van der Waals surface area contributed by atoms with Crippen LogP contribution < -0.4 is 9.64 Å². The van der Waals surface area contributed by atoms with E-state index in [9.17, 15) is 14.3 Å². The van der Waals surface area contributed by atoms with E-state index in [0.29, 0.717) is 34.5 Å². The highest BCUT2D eigenvalue weighted by molar-refractivity contribution is 6.10. The molecule has 2 amide bonds. The van der Waals surface area contributed by atoms with Crippen LogP contribution in [-0.2, 0) is 27.3 Å². The zero-order valence-corrected chi connectivity index (χ0v) is 31.1. The van der Waals surface area contributed by atoms with Crippen molar-refractivity contribution in [2.45, 2.75) is 50.9 Å². The molecule has 8 nitrogen and oxygen atoms in total. The molecule has 6 aromatic rings. The summed E-state index contributed by atoms with van der Waals surface area (Å²) in [5, 5.41) is 13.3. The van der Waals surface area contributed by atoms with Crippen molar-refractivity contribution in [2.24, 2.45) is 0 Å². The molecular formula is C47H43FN2O6. The summed E-state index contributed by atoms with van der Waals surface area (Å²) in [5.74, 6) is -1.09. The van der Waals surface area contributed by atoms with Crippen molar-refractivity contribution in [3.63, 3.8) is 0 Å². The lowest BCUT2D eigenvalue weighted by atomic mass is 9.93. The first kappa shape index (κ1) is 38.0. The molecule has 0 saturated heterocycles. The van der Waals surface area contributed by atoms with Crippen molar-refractivity contribution >= 4 is 45.0 Å². The number of amides is 2. The van der Waals surface area contributed by atoms with Gasteiger partial charge in [0.05, 0.1) is 30.8 Å². The number of halogens is 1. The third-order valence-electron chi connectivity index (χ3n) is 10.2. The van der Waals surface area contributed by atoms with Gasteiger partial charge in [-0.05, 0) is 75.1 Å². The number of fused-ring (bicyclic) bond motifs is 3. The third kappa shape index (κ3) is 8.04. The zero-order valence-electron chi connectivity index (χ0n) is 31.1. The molecule has 1 unspecified atom stereocenters. The lowest BCUT2D eigenvalue weighted by Gasteiger charge is -2.39. The first-order chi connectivity index (χ1) is 27.2. The van der Waals surface area contributed by atoms with Gasteiger partial charge >= 0.3 is 5.97 Å². The molecule has 0 aromatic heterocycles. The minimum atomic E-state index is -0.917. The summed E-state index contributed by atoms with van der Waals surface area (Å²) in [6, 6.07) is 36.6. The van der Waals surface area contributed by atoms with Crippen LogP contribution >= 0.6 is 0 Å². The number of esters is 1. The van der Waals surface area contributed by atoms with E-state index in [1.807, 2.05) is 84.9 Å². The average Bonchev–Trinajstić information content (AvgIpc) is 3.54. The smallest absolute Gasteiger partial charge is 0.302 e. The number of hydrogen-bond donors (Lipinski definition) is 1. The second-order valence-corrected chi connectivity index (χ2v) is 14.0. The topological polar surface area (TPSA) is 96.4 Å². The Labute approximate surface area is 325 Å². The zero-order chi connectivity index (χ0) is 39.2. The molecule has 0 saturated carbocycles. The van der Waals surface area contributed by atoms with Gasteiger partial charge in [-0.3, -0.25) is 19.3 Å². The number of hydrogen-bond acceptors (Lipinski definition) is 6. The highest BCUT2D eigenvalue weighted by Gasteiger charge is 2.50. The minimum Gasteiger partial charge on any atom is -0.493 e. The molecule has 0 aliphatic carbocycles. The number of anilines is 1. The molecule has 3 atom stereocenters. The number of aliphatic hydroxyl groups excluding tert-OH is 1. The molecular weight excluding hydrogens is 708 g/mol. The Bertz CT molecular complexity index is 2390. The van der Waals surface area contributed by atoms with Crippen molar-refractivity contribution in [3.05, 3.63) is 168 Å². The summed E-state index contributed by atoms with van der Waals surface area (Å²) in [7, 11) is 0. The van der Waals surface area contributed by atoms with Crippen LogP contribution in [0.2, 0.25) is 0 Å². The van der Waals surface area contributed by atoms with Crippen molar-refractivity contribution in [3.8, 4) is 5.75 Å². The van der Waals surface area contributed by atoms with E-state index in [-0.39, 0.29) is 44.4 Å². The van der Waals surface area contributed by atoms with Crippen LogP contribution in [0, 0.1) is 5.82 Å². The molecule has 6 aromatic carbocycles. The van der Waals surface area contributed by atoms with Crippen LogP contribution in [0.15, 0.2) is 140 Å². The number of nitrogens with zero attached hydrogens (tertiary/aromatic N) is 2. The predicted molar refractivity (Wildman–Crippen MR) is 216 cm³/mol. The number of rotatable bonds is 14. The first-order valence-electron chi connectivity index (χ1n) is 18.7. The number of aliphatic hydroxyl groups is 1.